The van der Waals surface area contributed by atoms with Gasteiger partial charge in [0.05, 0.1) is 29.2 Å². The molecule has 0 aliphatic heterocycles. The van der Waals surface area contributed by atoms with Gasteiger partial charge in [0.2, 0.25) is 0 Å². The van der Waals surface area contributed by atoms with Crippen molar-refractivity contribution in [3.05, 3.63) is 41.3 Å². The van der Waals surface area contributed by atoms with E-state index >= 15 is 0 Å². The van der Waals surface area contributed by atoms with E-state index in [4.69, 9.17) is 15.2 Å². The van der Waals surface area contributed by atoms with Gasteiger partial charge in [0.1, 0.15) is 0 Å². The smallest absolute Gasteiger partial charge is 0.161 e. The topological polar surface area (TPSA) is 61.5 Å². The van der Waals surface area contributed by atoms with Gasteiger partial charge in [0, 0.05) is 11.8 Å². The van der Waals surface area contributed by atoms with E-state index in [9.17, 15) is 4.21 Å². The van der Waals surface area contributed by atoms with Crippen LogP contribution in [0.3, 0.4) is 0 Å². The third-order valence-electron chi connectivity index (χ3n) is 2.89. The van der Waals surface area contributed by atoms with Crippen molar-refractivity contribution in [2.24, 2.45) is 5.73 Å². The van der Waals surface area contributed by atoms with E-state index in [1.54, 1.807) is 14.2 Å². The summed E-state index contributed by atoms with van der Waals surface area (Å²) in [7, 11) is 2.09. The lowest BCUT2D eigenvalue weighted by atomic mass is 10.1. The van der Waals surface area contributed by atoms with E-state index in [0.29, 0.717) is 17.3 Å². The van der Waals surface area contributed by atoms with Gasteiger partial charge in [0.15, 0.2) is 11.5 Å². The Morgan fingerprint density at radius 2 is 2.00 bits per heavy atom. The van der Waals surface area contributed by atoms with Crippen molar-refractivity contribution in [3.63, 3.8) is 0 Å². The molecule has 1 heterocycles. The maximum Gasteiger partial charge on any atom is 0.161 e. The maximum absolute atomic E-state index is 12.2. The van der Waals surface area contributed by atoms with Crippen LogP contribution < -0.4 is 15.2 Å². The lowest BCUT2D eigenvalue weighted by Crippen LogP contribution is -2.18. The predicted molar refractivity (Wildman–Crippen MR) is 82.1 cm³/mol. The zero-order valence-corrected chi connectivity index (χ0v) is 13.0. The van der Waals surface area contributed by atoms with E-state index in [0.717, 1.165) is 9.77 Å². The second kappa shape index (κ2) is 6.88. The summed E-state index contributed by atoms with van der Waals surface area (Å²) in [6.07, 6.45) is 0. The van der Waals surface area contributed by atoms with Gasteiger partial charge >= 0.3 is 0 Å². The van der Waals surface area contributed by atoms with Crippen molar-refractivity contribution >= 4 is 22.1 Å². The van der Waals surface area contributed by atoms with Crippen molar-refractivity contribution in [1.82, 2.24) is 0 Å². The first kappa shape index (κ1) is 15.0. The van der Waals surface area contributed by atoms with Crippen LogP contribution in [0.4, 0.5) is 0 Å². The van der Waals surface area contributed by atoms with Crippen LogP contribution in [0.2, 0.25) is 0 Å². The molecule has 0 saturated heterocycles. The molecule has 0 saturated carbocycles. The summed E-state index contributed by atoms with van der Waals surface area (Å²) in [6, 6.07) is 8.95. The Hall–Kier alpha value is -1.37. The van der Waals surface area contributed by atoms with Gasteiger partial charge in [-0.25, -0.2) is 0 Å². The molecule has 2 N–H and O–H groups in total. The third kappa shape index (κ3) is 3.39. The van der Waals surface area contributed by atoms with Crippen molar-refractivity contribution in [2.45, 2.75) is 10.3 Å². The summed E-state index contributed by atoms with van der Waals surface area (Å²) in [5.74, 6) is 1.67. The Labute approximate surface area is 125 Å². The molecule has 1 aromatic carbocycles. The highest BCUT2D eigenvalue weighted by molar-refractivity contribution is 7.87. The maximum atomic E-state index is 12.2. The fraction of sp³-hybridized carbons (Fsp3) is 0.286. The minimum atomic E-state index is -1.08. The SMILES string of the molecule is COc1ccc(C(N)CS(=O)c2cccs2)cc1OC. The van der Waals surface area contributed by atoms with E-state index in [-0.39, 0.29) is 6.04 Å². The lowest BCUT2D eigenvalue weighted by molar-refractivity contribution is 0.354. The number of ether oxygens (including phenoxy) is 2. The number of benzene rings is 1. The van der Waals surface area contributed by atoms with Crippen LogP contribution in [-0.4, -0.2) is 24.2 Å². The Morgan fingerprint density at radius 3 is 2.60 bits per heavy atom. The van der Waals surface area contributed by atoms with Gasteiger partial charge < -0.3 is 15.2 Å². The molecule has 1 aromatic heterocycles. The van der Waals surface area contributed by atoms with Crippen molar-refractivity contribution in [3.8, 4) is 11.5 Å². The number of nitrogens with two attached hydrogens (primary N) is 1. The van der Waals surface area contributed by atoms with Crippen LogP contribution in [0.5, 0.6) is 11.5 Å². The molecule has 0 amide bonds. The highest BCUT2D eigenvalue weighted by Crippen LogP contribution is 2.30. The Morgan fingerprint density at radius 1 is 1.25 bits per heavy atom. The van der Waals surface area contributed by atoms with Crippen LogP contribution >= 0.6 is 11.3 Å². The first-order chi connectivity index (χ1) is 9.65. The van der Waals surface area contributed by atoms with Gasteiger partial charge in [-0.3, -0.25) is 4.21 Å². The van der Waals surface area contributed by atoms with Crippen LogP contribution in [0.15, 0.2) is 39.9 Å². The molecule has 108 valence electrons. The van der Waals surface area contributed by atoms with E-state index < -0.39 is 10.8 Å². The van der Waals surface area contributed by atoms with Gasteiger partial charge in [-0.1, -0.05) is 12.1 Å². The summed E-state index contributed by atoms with van der Waals surface area (Å²) >= 11 is 1.48. The standard InChI is InChI=1S/C14H17NO3S2/c1-17-12-6-5-10(8-13(12)18-2)11(15)9-20(16)14-4-3-7-19-14/h3-8,11H,9,15H2,1-2H3. The highest BCUT2D eigenvalue weighted by atomic mass is 32.2. The molecule has 2 unspecified atom stereocenters. The first-order valence-electron chi connectivity index (χ1n) is 6.05. The fourth-order valence-electron chi connectivity index (χ4n) is 1.82. The zero-order chi connectivity index (χ0) is 14.5. The molecular formula is C14H17NO3S2. The minimum Gasteiger partial charge on any atom is -0.493 e. The molecule has 0 aliphatic carbocycles. The summed E-state index contributed by atoms with van der Waals surface area (Å²) in [5, 5.41) is 1.91. The highest BCUT2D eigenvalue weighted by Gasteiger charge is 2.15. The molecule has 0 radical (unpaired) electrons. The summed E-state index contributed by atoms with van der Waals surface area (Å²) in [4.78, 5) is 0. The number of hydrogen-bond donors (Lipinski definition) is 1. The molecule has 6 heteroatoms. The zero-order valence-electron chi connectivity index (χ0n) is 11.4. The predicted octanol–water partition coefficient (Wildman–Crippen LogP) is 2.57. The van der Waals surface area contributed by atoms with Crippen molar-refractivity contribution in [2.75, 3.05) is 20.0 Å². The van der Waals surface area contributed by atoms with E-state index in [2.05, 4.69) is 0 Å². The quantitative estimate of drug-likeness (QED) is 0.890. The fourth-order valence-corrected chi connectivity index (χ4v) is 3.98. The molecule has 0 fully saturated rings. The average molecular weight is 311 g/mol. The number of rotatable bonds is 6. The second-order valence-corrected chi connectivity index (χ2v) is 6.84. The van der Waals surface area contributed by atoms with Crippen LogP contribution in [0.25, 0.3) is 0 Å². The Balaban J connectivity index is 2.13. The van der Waals surface area contributed by atoms with Crippen LogP contribution in [0, 0.1) is 0 Å². The molecular weight excluding hydrogens is 294 g/mol. The summed E-state index contributed by atoms with van der Waals surface area (Å²) < 4.78 is 23.4. The monoisotopic (exact) mass is 311 g/mol. The molecule has 2 rings (SSSR count). The van der Waals surface area contributed by atoms with Crippen molar-refractivity contribution < 1.29 is 13.7 Å². The van der Waals surface area contributed by atoms with Gasteiger partial charge in [-0.15, -0.1) is 11.3 Å². The van der Waals surface area contributed by atoms with E-state index in [1.165, 1.54) is 11.3 Å². The first-order valence-corrected chi connectivity index (χ1v) is 8.25. The van der Waals surface area contributed by atoms with Crippen LogP contribution in [-0.2, 0) is 10.8 Å². The third-order valence-corrected chi connectivity index (χ3v) is 5.64. The summed E-state index contributed by atoms with van der Waals surface area (Å²) in [5.41, 5.74) is 7.01. The van der Waals surface area contributed by atoms with E-state index in [1.807, 2.05) is 35.7 Å². The van der Waals surface area contributed by atoms with Gasteiger partial charge in [0.25, 0.3) is 0 Å². The molecule has 4 nitrogen and oxygen atoms in total. The molecule has 0 spiro atoms. The number of methoxy groups -OCH3 is 2. The molecule has 2 aromatic rings. The Bertz CT molecular complexity index is 584. The van der Waals surface area contributed by atoms with Gasteiger partial charge in [-0.2, -0.15) is 0 Å². The summed E-state index contributed by atoms with van der Waals surface area (Å²) in [6.45, 7) is 0. The molecule has 0 bridgehead atoms. The average Bonchev–Trinajstić information content (AvgIpc) is 3.00. The normalized spacial score (nSPS) is 13.8. The Kier molecular flexibility index (Phi) is 5.17. The second-order valence-electron chi connectivity index (χ2n) is 4.17. The number of thiophene rings is 1. The minimum absolute atomic E-state index is 0.308. The van der Waals surface area contributed by atoms with Crippen molar-refractivity contribution in [1.29, 1.82) is 0 Å². The van der Waals surface area contributed by atoms with Gasteiger partial charge in [-0.05, 0) is 29.1 Å². The lowest BCUT2D eigenvalue weighted by Gasteiger charge is -2.14. The van der Waals surface area contributed by atoms with Crippen LogP contribution in [0.1, 0.15) is 11.6 Å². The molecule has 0 aliphatic rings. The molecule has 20 heavy (non-hydrogen) atoms. The largest absolute Gasteiger partial charge is 0.493 e. The number of hydrogen-bond acceptors (Lipinski definition) is 5. The molecule has 2 atom stereocenters.